The number of carbonyl (C=O) groups is 1. The number of halogens is 1. The van der Waals surface area contributed by atoms with Gasteiger partial charge >= 0.3 is 0 Å². The van der Waals surface area contributed by atoms with Crippen LogP contribution in [0.3, 0.4) is 0 Å². The number of hydrogen-bond donors (Lipinski definition) is 2. The molecule has 0 aliphatic rings. The molecular weight excluding hydrogens is 420 g/mol. The molecule has 2 aromatic carbocycles. The minimum atomic E-state index is -0.308. The Hall–Kier alpha value is -2.05. The molecule has 0 spiro atoms. The Balaban J connectivity index is 2.15. The number of methoxy groups -OCH3 is 1. The largest absolute Gasteiger partial charge is 0.493 e. The highest BCUT2D eigenvalue weighted by molar-refractivity contribution is 9.10. The summed E-state index contributed by atoms with van der Waals surface area (Å²) >= 11 is 3.60. The maximum atomic E-state index is 12.2. The molecule has 0 heterocycles. The first-order chi connectivity index (χ1) is 13.2. The van der Waals surface area contributed by atoms with Crippen LogP contribution in [-0.2, 0) is 11.3 Å². The molecule has 0 aliphatic heterocycles. The molecule has 28 heavy (non-hydrogen) atoms. The summed E-state index contributed by atoms with van der Waals surface area (Å²) in [5.74, 6) is 0.982. The maximum absolute atomic E-state index is 12.2. The van der Waals surface area contributed by atoms with E-state index in [9.17, 15) is 4.79 Å². The Morgan fingerprint density at radius 1 is 1.14 bits per heavy atom. The molecule has 0 saturated carbocycles. The Morgan fingerprint density at radius 3 is 2.43 bits per heavy atom. The molecule has 2 N–H and O–H groups in total. The fraction of sp³-hybridized carbons (Fsp3) is 0.409. The molecule has 1 amide bonds. The molecule has 0 bridgehead atoms. The molecule has 2 aromatic rings. The van der Waals surface area contributed by atoms with Crippen molar-refractivity contribution in [3.05, 3.63) is 58.1 Å². The fourth-order valence-electron chi connectivity index (χ4n) is 2.77. The first-order valence-corrected chi connectivity index (χ1v) is 10.1. The van der Waals surface area contributed by atoms with Gasteiger partial charge in [0.15, 0.2) is 18.1 Å². The van der Waals surface area contributed by atoms with Gasteiger partial charge in [-0.1, -0.05) is 46.3 Å². The molecule has 6 heteroatoms. The van der Waals surface area contributed by atoms with E-state index in [4.69, 9.17) is 9.47 Å². The summed E-state index contributed by atoms with van der Waals surface area (Å²) in [6.07, 6.45) is 0. The molecule has 0 saturated heterocycles. The number of ether oxygens (including phenoxy) is 2. The smallest absolute Gasteiger partial charge is 0.258 e. The minimum Gasteiger partial charge on any atom is -0.493 e. The van der Waals surface area contributed by atoms with Gasteiger partial charge in [-0.2, -0.15) is 0 Å². The predicted molar refractivity (Wildman–Crippen MR) is 116 cm³/mol. The van der Waals surface area contributed by atoms with Gasteiger partial charge in [0.05, 0.1) is 7.11 Å². The number of hydrogen-bond acceptors (Lipinski definition) is 4. The topological polar surface area (TPSA) is 59.6 Å². The van der Waals surface area contributed by atoms with Gasteiger partial charge in [0.1, 0.15) is 0 Å². The average molecular weight is 449 g/mol. The Kier molecular flexibility index (Phi) is 7.89. The van der Waals surface area contributed by atoms with Gasteiger partial charge in [-0.15, -0.1) is 0 Å². The van der Waals surface area contributed by atoms with E-state index in [1.54, 1.807) is 7.11 Å². The van der Waals surface area contributed by atoms with Crippen molar-refractivity contribution in [3.63, 3.8) is 0 Å². The zero-order chi connectivity index (χ0) is 20.7. The lowest BCUT2D eigenvalue weighted by Crippen LogP contribution is -2.43. The second kappa shape index (κ2) is 9.94. The van der Waals surface area contributed by atoms with Crippen molar-refractivity contribution >= 4 is 21.8 Å². The van der Waals surface area contributed by atoms with Crippen LogP contribution >= 0.6 is 15.9 Å². The third-order valence-corrected chi connectivity index (χ3v) is 4.88. The Labute approximate surface area is 175 Å². The predicted octanol–water partition coefficient (Wildman–Crippen LogP) is 4.60. The van der Waals surface area contributed by atoms with Gasteiger partial charge in [0.2, 0.25) is 0 Å². The molecule has 1 unspecified atom stereocenters. The van der Waals surface area contributed by atoms with Crippen molar-refractivity contribution < 1.29 is 14.3 Å². The van der Waals surface area contributed by atoms with Gasteiger partial charge < -0.3 is 20.1 Å². The standard InChI is InChI=1S/C22H29BrN2O3/c1-15(16-9-7-6-8-10-16)24-13-17-18(23)11-12-19(27-5)21(17)28-14-20(26)25-22(2,3)4/h6-12,15,24H,13-14H2,1-5H3,(H,25,26). The van der Waals surface area contributed by atoms with Crippen molar-refractivity contribution in [1.82, 2.24) is 10.6 Å². The number of carbonyl (C=O) groups excluding carboxylic acids is 1. The number of amides is 1. The molecule has 0 fully saturated rings. The summed E-state index contributed by atoms with van der Waals surface area (Å²) in [5.41, 5.74) is 1.80. The molecule has 5 nitrogen and oxygen atoms in total. The van der Waals surface area contributed by atoms with Crippen LogP contribution in [0.15, 0.2) is 46.9 Å². The third kappa shape index (κ3) is 6.53. The van der Waals surface area contributed by atoms with E-state index >= 15 is 0 Å². The van der Waals surface area contributed by atoms with Crippen LogP contribution in [0.1, 0.15) is 44.9 Å². The van der Waals surface area contributed by atoms with Crippen molar-refractivity contribution in [1.29, 1.82) is 0 Å². The van der Waals surface area contributed by atoms with Crippen LogP contribution in [0.5, 0.6) is 11.5 Å². The monoisotopic (exact) mass is 448 g/mol. The maximum Gasteiger partial charge on any atom is 0.258 e. The van der Waals surface area contributed by atoms with Crippen LogP contribution in [0.4, 0.5) is 0 Å². The van der Waals surface area contributed by atoms with Crippen molar-refractivity contribution in [2.45, 2.75) is 45.8 Å². The Morgan fingerprint density at radius 2 is 1.82 bits per heavy atom. The molecule has 0 radical (unpaired) electrons. The van der Waals surface area contributed by atoms with Crippen molar-refractivity contribution in [2.75, 3.05) is 13.7 Å². The average Bonchev–Trinajstić information content (AvgIpc) is 2.64. The number of rotatable bonds is 8. The van der Waals surface area contributed by atoms with E-state index in [0.717, 1.165) is 10.0 Å². The first kappa shape index (κ1) is 22.2. The summed E-state index contributed by atoms with van der Waals surface area (Å²) in [7, 11) is 1.59. The first-order valence-electron chi connectivity index (χ1n) is 9.29. The number of benzene rings is 2. The highest BCUT2D eigenvalue weighted by Gasteiger charge is 2.19. The van der Waals surface area contributed by atoms with E-state index in [1.165, 1.54) is 5.56 Å². The van der Waals surface area contributed by atoms with E-state index in [1.807, 2.05) is 51.1 Å². The van der Waals surface area contributed by atoms with Gasteiger partial charge in [0, 0.05) is 28.2 Å². The van der Waals surface area contributed by atoms with E-state index in [2.05, 4.69) is 45.6 Å². The molecule has 1 atom stereocenters. The lowest BCUT2D eigenvalue weighted by atomic mass is 10.1. The second-order valence-corrected chi connectivity index (χ2v) is 8.51. The second-order valence-electron chi connectivity index (χ2n) is 7.66. The molecule has 2 rings (SSSR count). The van der Waals surface area contributed by atoms with Gasteiger partial charge in [-0.3, -0.25) is 4.79 Å². The van der Waals surface area contributed by atoms with E-state index < -0.39 is 0 Å². The van der Waals surface area contributed by atoms with Gasteiger partial charge in [-0.05, 0) is 45.4 Å². The Bertz CT molecular complexity index is 788. The quantitative estimate of drug-likeness (QED) is 0.619. The lowest BCUT2D eigenvalue weighted by Gasteiger charge is -2.22. The van der Waals surface area contributed by atoms with Crippen LogP contribution < -0.4 is 20.1 Å². The van der Waals surface area contributed by atoms with Crippen molar-refractivity contribution in [2.24, 2.45) is 0 Å². The van der Waals surface area contributed by atoms with Crippen LogP contribution in [0.2, 0.25) is 0 Å². The fourth-order valence-corrected chi connectivity index (χ4v) is 3.23. The summed E-state index contributed by atoms with van der Waals surface area (Å²) in [6, 6.07) is 14.1. The highest BCUT2D eigenvalue weighted by Crippen LogP contribution is 2.36. The highest BCUT2D eigenvalue weighted by atomic mass is 79.9. The molecule has 0 aliphatic carbocycles. The van der Waals surface area contributed by atoms with Gasteiger partial charge in [0.25, 0.3) is 5.91 Å². The SMILES string of the molecule is COc1ccc(Br)c(CNC(C)c2ccccc2)c1OCC(=O)NC(C)(C)C. The lowest BCUT2D eigenvalue weighted by molar-refractivity contribution is -0.124. The molecular formula is C22H29BrN2O3. The normalized spacial score (nSPS) is 12.4. The summed E-state index contributed by atoms with van der Waals surface area (Å²) < 4.78 is 12.2. The number of nitrogens with one attached hydrogen (secondary N) is 2. The van der Waals surface area contributed by atoms with Crippen LogP contribution in [0, 0.1) is 0 Å². The zero-order valence-electron chi connectivity index (χ0n) is 17.1. The summed E-state index contributed by atoms with van der Waals surface area (Å²) in [5, 5.41) is 6.41. The summed E-state index contributed by atoms with van der Waals surface area (Å²) in [6.45, 7) is 8.40. The summed E-state index contributed by atoms with van der Waals surface area (Å²) in [4.78, 5) is 12.2. The van der Waals surface area contributed by atoms with Crippen LogP contribution in [0.25, 0.3) is 0 Å². The minimum absolute atomic E-state index is 0.0781. The molecule has 152 valence electrons. The van der Waals surface area contributed by atoms with Gasteiger partial charge in [-0.25, -0.2) is 0 Å². The van der Waals surface area contributed by atoms with Crippen molar-refractivity contribution in [3.8, 4) is 11.5 Å². The van der Waals surface area contributed by atoms with E-state index in [0.29, 0.717) is 18.0 Å². The third-order valence-electron chi connectivity index (χ3n) is 4.13. The van der Waals surface area contributed by atoms with Crippen LogP contribution in [-0.4, -0.2) is 25.2 Å². The van der Waals surface area contributed by atoms with E-state index in [-0.39, 0.29) is 24.1 Å². The zero-order valence-corrected chi connectivity index (χ0v) is 18.7. The molecule has 0 aromatic heterocycles.